The zero-order valence-corrected chi connectivity index (χ0v) is 13.8. The fourth-order valence-corrected chi connectivity index (χ4v) is 3.33. The Morgan fingerprint density at radius 3 is 2.65 bits per heavy atom. The molecule has 0 spiro atoms. The van der Waals surface area contributed by atoms with Crippen molar-refractivity contribution >= 4 is 27.6 Å². The number of nitrogens with zero attached hydrogens (tertiary/aromatic N) is 1. The first-order valence-electron chi connectivity index (χ1n) is 7.11. The molecule has 126 valence electrons. The van der Waals surface area contributed by atoms with Crippen LogP contribution in [-0.2, 0) is 27.8 Å². The van der Waals surface area contributed by atoms with Crippen molar-refractivity contribution in [1.82, 2.24) is 9.62 Å². The van der Waals surface area contributed by atoms with Crippen LogP contribution < -0.4 is 16.4 Å². The molecule has 4 N–H and O–H groups in total. The largest absolute Gasteiger partial charge is 0.374 e. The minimum absolute atomic E-state index is 0.311. The Bertz CT molecular complexity index is 732. The molecule has 0 unspecified atom stereocenters. The molecule has 0 fully saturated rings. The Morgan fingerprint density at radius 1 is 1.35 bits per heavy atom. The molecule has 3 amide bonds. The Morgan fingerprint density at radius 2 is 2.04 bits per heavy atom. The molecule has 1 aliphatic heterocycles. The fourth-order valence-electron chi connectivity index (χ4n) is 2.53. The van der Waals surface area contributed by atoms with Gasteiger partial charge in [0.15, 0.2) is 0 Å². The number of nitrogens with two attached hydrogens (primary N) is 1. The van der Waals surface area contributed by atoms with Gasteiger partial charge in [0, 0.05) is 18.8 Å². The SMILES string of the molecule is C[C@@H](Nc1cccc2c1CCN(S(C)(=O)=O)C2)C(=O)NC(N)=O. The number of carbonyl (C=O) groups is 2. The molecule has 23 heavy (non-hydrogen) atoms. The third-order valence-electron chi connectivity index (χ3n) is 3.71. The molecule has 1 aliphatic rings. The Labute approximate surface area is 135 Å². The second kappa shape index (κ2) is 6.55. The summed E-state index contributed by atoms with van der Waals surface area (Å²) in [5.41, 5.74) is 7.56. The van der Waals surface area contributed by atoms with Gasteiger partial charge in [0.1, 0.15) is 6.04 Å². The van der Waals surface area contributed by atoms with Gasteiger partial charge in [-0.25, -0.2) is 13.2 Å². The first kappa shape index (κ1) is 17.2. The van der Waals surface area contributed by atoms with E-state index in [1.807, 2.05) is 17.4 Å². The van der Waals surface area contributed by atoms with Crippen molar-refractivity contribution in [2.24, 2.45) is 5.73 Å². The van der Waals surface area contributed by atoms with Crippen molar-refractivity contribution in [3.05, 3.63) is 29.3 Å². The number of sulfonamides is 1. The summed E-state index contributed by atoms with van der Waals surface area (Å²) in [5.74, 6) is -0.524. The van der Waals surface area contributed by atoms with E-state index in [1.165, 1.54) is 10.6 Å². The van der Waals surface area contributed by atoms with E-state index in [-0.39, 0.29) is 0 Å². The Hall–Kier alpha value is -2.13. The number of carbonyl (C=O) groups excluding carboxylic acids is 2. The third-order valence-corrected chi connectivity index (χ3v) is 4.96. The highest BCUT2D eigenvalue weighted by Gasteiger charge is 2.25. The summed E-state index contributed by atoms with van der Waals surface area (Å²) in [4.78, 5) is 22.5. The number of benzene rings is 1. The summed E-state index contributed by atoms with van der Waals surface area (Å²) in [6.45, 7) is 2.32. The molecule has 1 atom stereocenters. The van der Waals surface area contributed by atoms with E-state index in [2.05, 4.69) is 5.32 Å². The Balaban J connectivity index is 2.17. The number of urea groups is 1. The summed E-state index contributed by atoms with van der Waals surface area (Å²) < 4.78 is 24.7. The molecule has 0 saturated carbocycles. The molecule has 9 heteroatoms. The summed E-state index contributed by atoms with van der Waals surface area (Å²) >= 11 is 0. The quantitative estimate of drug-likeness (QED) is 0.712. The number of rotatable bonds is 4. The third kappa shape index (κ3) is 4.20. The van der Waals surface area contributed by atoms with Crippen LogP contribution in [0.4, 0.5) is 10.5 Å². The summed E-state index contributed by atoms with van der Waals surface area (Å²) in [6, 6.07) is 3.94. The smallest absolute Gasteiger partial charge is 0.318 e. The van der Waals surface area contributed by atoms with E-state index in [4.69, 9.17) is 5.73 Å². The molecular formula is C14H20N4O4S. The molecule has 1 aromatic rings. The van der Waals surface area contributed by atoms with Gasteiger partial charge in [-0.2, -0.15) is 4.31 Å². The fraction of sp³-hybridized carbons (Fsp3) is 0.429. The monoisotopic (exact) mass is 340 g/mol. The lowest BCUT2D eigenvalue weighted by Crippen LogP contribution is -2.43. The molecule has 0 radical (unpaired) electrons. The number of primary amides is 1. The van der Waals surface area contributed by atoms with Gasteiger partial charge in [0.2, 0.25) is 15.9 Å². The predicted molar refractivity (Wildman–Crippen MR) is 86.2 cm³/mol. The second-order valence-electron chi connectivity index (χ2n) is 5.51. The van der Waals surface area contributed by atoms with Gasteiger partial charge >= 0.3 is 6.03 Å². The maximum atomic E-state index is 11.7. The van der Waals surface area contributed by atoms with Crippen molar-refractivity contribution in [2.45, 2.75) is 25.9 Å². The zero-order chi connectivity index (χ0) is 17.2. The van der Waals surface area contributed by atoms with E-state index in [1.54, 1.807) is 13.0 Å². The molecule has 0 aromatic heterocycles. The van der Waals surface area contributed by atoms with E-state index in [9.17, 15) is 18.0 Å². The van der Waals surface area contributed by atoms with E-state index in [0.29, 0.717) is 19.5 Å². The van der Waals surface area contributed by atoms with Crippen molar-refractivity contribution < 1.29 is 18.0 Å². The number of hydrogen-bond acceptors (Lipinski definition) is 5. The highest BCUT2D eigenvalue weighted by Crippen LogP contribution is 2.27. The normalized spacial score (nSPS) is 16.3. The van der Waals surface area contributed by atoms with E-state index in [0.717, 1.165) is 16.8 Å². The lowest BCUT2D eigenvalue weighted by atomic mass is 9.98. The molecule has 1 aromatic carbocycles. The molecule has 8 nitrogen and oxygen atoms in total. The maximum absolute atomic E-state index is 11.7. The summed E-state index contributed by atoms with van der Waals surface area (Å²) in [5, 5.41) is 5.06. The number of amides is 3. The van der Waals surface area contributed by atoms with Crippen LogP contribution in [0.1, 0.15) is 18.1 Å². The first-order valence-corrected chi connectivity index (χ1v) is 8.96. The summed E-state index contributed by atoms with van der Waals surface area (Å²) in [6.07, 6.45) is 1.74. The van der Waals surface area contributed by atoms with Gasteiger partial charge < -0.3 is 11.1 Å². The van der Waals surface area contributed by atoms with Crippen molar-refractivity contribution in [3.63, 3.8) is 0 Å². The standard InChI is InChI=1S/C14H20N4O4S/c1-9(13(19)17-14(15)20)16-12-5-3-4-10-8-18(23(2,21)22)7-6-11(10)12/h3-5,9,16H,6-8H2,1-2H3,(H3,15,17,19,20)/t9-/m1/s1. The minimum Gasteiger partial charge on any atom is -0.374 e. The van der Waals surface area contributed by atoms with Crippen LogP contribution in [0, 0.1) is 0 Å². The van der Waals surface area contributed by atoms with Crippen LogP contribution in [0.25, 0.3) is 0 Å². The van der Waals surface area contributed by atoms with Gasteiger partial charge in [0.25, 0.3) is 0 Å². The Kier molecular flexibility index (Phi) is 4.90. The number of anilines is 1. The average molecular weight is 340 g/mol. The molecule has 1 heterocycles. The molecule has 0 aliphatic carbocycles. The van der Waals surface area contributed by atoms with Gasteiger partial charge in [-0.3, -0.25) is 10.1 Å². The van der Waals surface area contributed by atoms with Gasteiger partial charge in [-0.05, 0) is 30.5 Å². The highest BCUT2D eigenvalue weighted by molar-refractivity contribution is 7.88. The number of nitrogens with one attached hydrogen (secondary N) is 2. The molecule has 2 rings (SSSR count). The predicted octanol–water partition coefficient (Wildman–Crippen LogP) is -0.000400. The topological polar surface area (TPSA) is 122 Å². The number of hydrogen-bond donors (Lipinski definition) is 3. The van der Waals surface area contributed by atoms with Crippen molar-refractivity contribution in [2.75, 3.05) is 18.1 Å². The average Bonchev–Trinajstić information content (AvgIpc) is 2.45. The van der Waals surface area contributed by atoms with Gasteiger partial charge in [-0.15, -0.1) is 0 Å². The molecule has 0 saturated heterocycles. The highest BCUT2D eigenvalue weighted by atomic mass is 32.2. The second-order valence-corrected chi connectivity index (χ2v) is 7.49. The van der Waals surface area contributed by atoms with E-state index >= 15 is 0 Å². The molecular weight excluding hydrogens is 320 g/mol. The number of fused-ring (bicyclic) bond motifs is 1. The van der Waals surface area contributed by atoms with Gasteiger partial charge in [0.05, 0.1) is 6.26 Å². The van der Waals surface area contributed by atoms with Crippen LogP contribution in [0.3, 0.4) is 0 Å². The maximum Gasteiger partial charge on any atom is 0.318 e. The first-order chi connectivity index (χ1) is 10.7. The molecule has 0 bridgehead atoms. The number of imide groups is 1. The van der Waals surface area contributed by atoms with Crippen molar-refractivity contribution in [1.29, 1.82) is 0 Å². The van der Waals surface area contributed by atoms with Crippen molar-refractivity contribution in [3.8, 4) is 0 Å². The lowest BCUT2D eigenvalue weighted by molar-refractivity contribution is -0.120. The van der Waals surface area contributed by atoms with Crippen LogP contribution in [-0.4, -0.2) is 43.5 Å². The zero-order valence-electron chi connectivity index (χ0n) is 13.0. The minimum atomic E-state index is -3.23. The summed E-state index contributed by atoms with van der Waals surface area (Å²) in [7, 11) is -3.23. The van der Waals surface area contributed by atoms with Crippen LogP contribution in [0.15, 0.2) is 18.2 Å². The lowest BCUT2D eigenvalue weighted by Gasteiger charge is -2.29. The van der Waals surface area contributed by atoms with Crippen LogP contribution in [0.2, 0.25) is 0 Å². The van der Waals surface area contributed by atoms with E-state index < -0.39 is 28.0 Å². The van der Waals surface area contributed by atoms with Crippen LogP contribution in [0.5, 0.6) is 0 Å². The van der Waals surface area contributed by atoms with Crippen LogP contribution >= 0.6 is 0 Å². The van der Waals surface area contributed by atoms with Gasteiger partial charge in [-0.1, -0.05) is 12.1 Å².